The first kappa shape index (κ1) is 17.2. The molecule has 8 nitrogen and oxygen atoms in total. The van der Waals surface area contributed by atoms with Crippen LogP contribution in [0.25, 0.3) is 0 Å². The minimum Gasteiger partial charge on any atom is -0.271 e. The number of hydrogen-bond donors (Lipinski definition) is 1. The Kier molecular flexibility index (Phi) is 4.99. The molecule has 0 atom stereocenters. The second-order valence-electron chi connectivity index (χ2n) is 5.13. The number of nitro groups is 2. The zero-order valence-corrected chi connectivity index (χ0v) is 14.1. The van der Waals surface area contributed by atoms with Gasteiger partial charge >= 0.3 is 5.69 Å². The lowest BCUT2D eigenvalue weighted by Gasteiger charge is -2.07. The lowest BCUT2D eigenvalue weighted by atomic mass is 10.1. The van der Waals surface area contributed by atoms with Crippen molar-refractivity contribution < 1.29 is 9.85 Å². The maximum absolute atomic E-state index is 11.2. The van der Waals surface area contributed by atoms with E-state index < -0.39 is 15.5 Å². The van der Waals surface area contributed by atoms with Gasteiger partial charge in [0.15, 0.2) is 0 Å². The van der Waals surface area contributed by atoms with Gasteiger partial charge in [0.05, 0.1) is 20.8 Å². The third-order valence-electron chi connectivity index (χ3n) is 3.48. The van der Waals surface area contributed by atoms with Crippen molar-refractivity contribution in [1.82, 2.24) is 0 Å². The topological polar surface area (TPSA) is 111 Å². The highest BCUT2D eigenvalue weighted by molar-refractivity contribution is 7.12. The van der Waals surface area contributed by atoms with Crippen molar-refractivity contribution in [3.63, 3.8) is 0 Å². The molecular weight excluding hydrogens is 356 g/mol. The molecule has 0 radical (unpaired) electrons. The van der Waals surface area contributed by atoms with Crippen LogP contribution in [0.1, 0.15) is 10.4 Å². The summed E-state index contributed by atoms with van der Waals surface area (Å²) in [5.74, 6) is 0. The highest BCUT2D eigenvalue weighted by Crippen LogP contribution is 2.29. The Morgan fingerprint density at radius 2 is 1.73 bits per heavy atom. The minimum atomic E-state index is -0.682. The quantitative estimate of drug-likeness (QED) is 0.393. The molecule has 26 heavy (non-hydrogen) atoms. The molecule has 0 aliphatic heterocycles. The largest absolute Gasteiger partial charge is 0.301 e. The van der Waals surface area contributed by atoms with Crippen LogP contribution in [0.2, 0.25) is 0 Å². The predicted molar refractivity (Wildman–Crippen MR) is 99.8 cm³/mol. The van der Waals surface area contributed by atoms with Crippen LogP contribution in [0.5, 0.6) is 0 Å². The number of benzene rings is 2. The summed E-state index contributed by atoms with van der Waals surface area (Å²) in [5, 5.41) is 28.3. The van der Waals surface area contributed by atoms with Gasteiger partial charge in [-0.1, -0.05) is 36.4 Å². The Bertz CT molecular complexity index is 972. The van der Waals surface area contributed by atoms with Gasteiger partial charge in [-0.25, -0.2) is 0 Å². The second kappa shape index (κ2) is 7.53. The number of rotatable bonds is 6. The third-order valence-corrected chi connectivity index (χ3v) is 4.36. The van der Waals surface area contributed by atoms with Gasteiger partial charge in [-0.15, -0.1) is 11.3 Å². The van der Waals surface area contributed by atoms with Gasteiger partial charge in [0.2, 0.25) is 0 Å². The van der Waals surface area contributed by atoms with E-state index in [1.807, 2.05) is 47.8 Å². The van der Waals surface area contributed by atoms with Gasteiger partial charge in [0.25, 0.3) is 5.69 Å². The van der Waals surface area contributed by atoms with Crippen LogP contribution < -0.4 is 5.43 Å². The van der Waals surface area contributed by atoms with E-state index in [1.165, 1.54) is 23.5 Å². The first-order chi connectivity index (χ1) is 12.6. The van der Waals surface area contributed by atoms with E-state index in [4.69, 9.17) is 0 Å². The molecule has 0 aliphatic rings. The SMILES string of the molecule is O=[N+]([O-])c1ccc(N/N=C(/c2ccccc2)c2cccs2)c([N+](=O)[O-])c1. The van der Waals surface area contributed by atoms with Gasteiger partial charge in [-0.05, 0) is 17.5 Å². The number of nitrogens with zero attached hydrogens (tertiary/aromatic N) is 3. The number of hydrazone groups is 1. The highest BCUT2D eigenvalue weighted by Gasteiger charge is 2.19. The summed E-state index contributed by atoms with van der Waals surface area (Å²) in [4.78, 5) is 21.6. The second-order valence-corrected chi connectivity index (χ2v) is 6.08. The van der Waals surface area contributed by atoms with Crippen molar-refractivity contribution >= 4 is 34.1 Å². The molecule has 0 bridgehead atoms. The maximum Gasteiger partial charge on any atom is 0.301 e. The number of nitrogens with one attached hydrogen (secondary N) is 1. The van der Waals surface area contributed by atoms with Crippen LogP contribution in [0, 0.1) is 20.2 Å². The molecule has 130 valence electrons. The number of anilines is 1. The van der Waals surface area contributed by atoms with E-state index in [1.54, 1.807) is 0 Å². The van der Waals surface area contributed by atoms with Crippen molar-refractivity contribution in [3.8, 4) is 0 Å². The molecule has 1 N–H and O–H groups in total. The fourth-order valence-electron chi connectivity index (χ4n) is 2.27. The molecule has 0 spiro atoms. The van der Waals surface area contributed by atoms with Crippen LogP contribution in [-0.4, -0.2) is 15.6 Å². The van der Waals surface area contributed by atoms with Gasteiger partial charge in [-0.3, -0.25) is 25.7 Å². The number of non-ortho nitro benzene ring substituents is 1. The van der Waals surface area contributed by atoms with Crippen LogP contribution in [0.3, 0.4) is 0 Å². The van der Waals surface area contributed by atoms with E-state index in [0.29, 0.717) is 5.71 Å². The molecule has 0 saturated carbocycles. The van der Waals surface area contributed by atoms with E-state index in [-0.39, 0.29) is 11.4 Å². The summed E-state index contributed by atoms with van der Waals surface area (Å²) in [6, 6.07) is 16.5. The first-order valence-electron chi connectivity index (χ1n) is 7.42. The fourth-order valence-corrected chi connectivity index (χ4v) is 3.00. The van der Waals surface area contributed by atoms with Crippen molar-refractivity contribution in [2.75, 3.05) is 5.43 Å². The molecule has 0 fully saturated rings. The van der Waals surface area contributed by atoms with Crippen molar-refractivity contribution in [3.05, 3.63) is 96.7 Å². The zero-order valence-electron chi connectivity index (χ0n) is 13.2. The van der Waals surface area contributed by atoms with E-state index in [9.17, 15) is 20.2 Å². The summed E-state index contributed by atoms with van der Waals surface area (Å²) in [5.41, 5.74) is 3.44. The normalized spacial score (nSPS) is 11.2. The van der Waals surface area contributed by atoms with Crippen LogP contribution in [-0.2, 0) is 0 Å². The summed E-state index contributed by atoms with van der Waals surface area (Å²) in [6.07, 6.45) is 0. The molecule has 3 rings (SSSR count). The summed E-state index contributed by atoms with van der Waals surface area (Å²) in [6.45, 7) is 0. The first-order valence-corrected chi connectivity index (χ1v) is 8.30. The van der Waals surface area contributed by atoms with E-state index >= 15 is 0 Å². The Morgan fingerprint density at radius 3 is 2.35 bits per heavy atom. The molecule has 1 aromatic heterocycles. The van der Waals surface area contributed by atoms with E-state index in [0.717, 1.165) is 16.5 Å². The zero-order chi connectivity index (χ0) is 18.5. The summed E-state index contributed by atoms with van der Waals surface area (Å²) in [7, 11) is 0. The average Bonchev–Trinajstić information content (AvgIpc) is 3.17. The lowest BCUT2D eigenvalue weighted by Crippen LogP contribution is -2.06. The molecule has 2 aromatic carbocycles. The molecule has 1 heterocycles. The number of thiophene rings is 1. The van der Waals surface area contributed by atoms with Crippen molar-refractivity contribution in [2.45, 2.75) is 0 Å². The molecule has 0 unspecified atom stereocenters. The summed E-state index contributed by atoms with van der Waals surface area (Å²) < 4.78 is 0. The molecule has 0 aliphatic carbocycles. The fraction of sp³-hybridized carbons (Fsp3) is 0. The maximum atomic E-state index is 11.2. The Labute approximate surface area is 151 Å². The number of hydrogen-bond acceptors (Lipinski definition) is 7. The Morgan fingerprint density at radius 1 is 0.962 bits per heavy atom. The van der Waals surface area contributed by atoms with Crippen molar-refractivity contribution in [1.29, 1.82) is 0 Å². The highest BCUT2D eigenvalue weighted by atomic mass is 32.1. The van der Waals surface area contributed by atoms with Gasteiger partial charge in [-0.2, -0.15) is 5.10 Å². The summed E-state index contributed by atoms with van der Waals surface area (Å²) >= 11 is 1.48. The van der Waals surface area contributed by atoms with Gasteiger partial charge in [0.1, 0.15) is 11.4 Å². The monoisotopic (exact) mass is 368 g/mol. The average molecular weight is 368 g/mol. The van der Waals surface area contributed by atoms with Gasteiger partial charge < -0.3 is 0 Å². The molecule has 3 aromatic rings. The minimum absolute atomic E-state index is 0.0746. The molecule has 9 heteroatoms. The predicted octanol–water partition coefficient (Wildman–Crippen LogP) is 4.43. The van der Waals surface area contributed by atoms with Crippen LogP contribution >= 0.6 is 11.3 Å². The molecule has 0 amide bonds. The van der Waals surface area contributed by atoms with Crippen LogP contribution in [0.15, 0.2) is 71.1 Å². The smallest absolute Gasteiger partial charge is 0.271 e. The lowest BCUT2D eigenvalue weighted by molar-refractivity contribution is -0.393. The number of nitro benzene ring substituents is 2. The Hall–Kier alpha value is -3.59. The van der Waals surface area contributed by atoms with Crippen LogP contribution in [0.4, 0.5) is 17.1 Å². The van der Waals surface area contributed by atoms with Crippen molar-refractivity contribution in [2.24, 2.45) is 5.10 Å². The molecule has 0 saturated heterocycles. The third kappa shape index (κ3) is 3.73. The standard InChI is InChI=1S/C17H12N4O4S/c22-20(23)13-8-9-14(15(11-13)21(24)25)18-19-17(16-7-4-10-26-16)12-5-2-1-3-6-12/h1-11,18H/b19-17-. The van der Waals surface area contributed by atoms with E-state index in [2.05, 4.69) is 10.5 Å². The van der Waals surface area contributed by atoms with Gasteiger partial charge in [0, 0.05) is 11.6 Å². The Balaban J connectivity index is 2.01. The molecular formula is C17H12N4O4S.